The van der Waals surface area contributed by atoms with E-state index in [4.69, 9.17) is 9.47 Å². The van der Waals surface area contributed by atoms with Crippen LogP contribution in [-0.4, -0.2) is 18.9 Å². The fraction of sp³-hybridized carbons (Fsp3) is 0.125. The smallest absolute Gasteiger partial charge is 0.338 e. The van der Waals surface area contributed by atoms with Gasteiger partial charge in [0.05, 0.1) is 17.7 Å². The van der Waals surface area contributed by atoms with Crippen molar-refractivity contribution in [3.63, 3.8) is 0 Å². The highest BCUT2D eigenvalue weighted by atomic mass is 16.5. The summed E-state index contributed by atoms with van der Waals surface area (Å²) in [6, 6.07) is 13.5. The van der Waals surface area contributed by atoms with Crippen LogP contribution in [0, 0.1) is 0 Å². The Morgan fingerprint density at radius 1 is 1.15 bits per heavy atom. The average molecular weight is 270 g/mol. The highest BCUT2D eigenvalue weighted by Crippen LogP contribution is 2.25. The molecule has 0 heterocycles. The third-order valence-corrected chi connectivity index (χ3v) is 2.62. The zero-order chi connectivity index (χ0) is 14.4. The van der Waals surface area contributed by atoms with E-state index >= 15 is 0 Å². The number of rotatable bonds is 5. The van der Waals surface area contributed by atoms with Crippen LogP contribution in [0.1, 0.15) is 27.6 Å². The molecular weight excluding hydrogens is 256 g/mol. The standard InChI is InChI=1S/C16H14O4/c1-2-19-16(18)12-7-5-8-14(10-12)20-15-9-4-3-6-13(15)11-17/h3-11H,2H2,1H3. The van der Waals surface area contributed by atoms with Gasteiger partial charge in [0.1, 0.15) is 11.5 Å². The van der Waals surface area contributed by atoms with Crippen molar-refractivity contribution in [3.05, 3.63) is 59.7 Å². The summed E-state index contributed by atoms with van der Waals surface area (Å²) in [5.74, 6) is 0.523. The van der Waals surface area contributed by atoms with Gasteiger partial charge in [-0.05, 0) is 37.3 Å². The number of carbonyl (C=O) groups excluding carboxylic acids is 2. The zero-order valence-electron chi connectivity index (χ0n) is 11.0. The number of hydrogen-bond donors (Lipinski definition) is 0. The second-order valence-corrected chi connectivity index (χ2v) is 4.01. The van der Waals surface area contributed by atoms with Crippen molar-refractivity contribution < 1.29 is 19.1 Å². The Balaban J connectivity index is 2.23. The van der Waals surface area contributed by atoms with Crippen molar-refractivity contribution in [2.75, 3.05) is 6.61 Å². The lowest BCUT2D eigenvalue weighted by atomic mass is 10.2. The van der Waals surface area contributed by atoms with E-state index < -0.39 is 5.97 Å². The predicted octanol–water partition coefficient (Wildman–Crippen LogP) is 3.47. The normalized spacial score (nSPS) is 9.85. The summed E-state index contributed by atoms with van der Waals surface area (Å²) in [7, 11) is 0. The molecule has 2 rings (SSSR count). The Kier molecular flexibility index (Phi) is 4.50. The van der Waals surface area contributed by atoms with Gasteiger partial charge >= 0.3 is 5.97 Å². The molecule has 0 N–H and O–H groups in total. The Labute approximate surface area is 116 Å². The van der Waals surface area contributed by atoms with E-state index in [-0.39, 0.29) is 0 Å². The van der Waals surface area contributed by atoms with Gasteiger partial charge in [-0.15, -0.1) is 0 Å². The molecule has 0 spiro atoms. The lowest BCUT2D eigenvalue weighted by Gasteiger charge is -2.09. The van der Waals surface area contributed by atoms with Gasteiger partial charge in [-0.1, -0.05) is 18.2 Å². The van der Waals surface area contributed by atoms with Crippen LogP contribution in [0.25, 0.3) is 0 Å². The summed E-state index contributed by atoms with van der Waals surface area (Å²) in [6.07, 6.45) is 0.727. The highest BCUT2D eigenvalue weighted by molar-refractivity contribution is 5.89. The van der Waals surface area contributed by atoms with Crippen LogP contribution in [-0.2, 0) is 4.74 Å². The number of aldehydes is 1. The van der Waals surface area contributed by atoms with Crippen molar-refractivity contribution >= 4 is 12.3 Å². The summed E-state index contributed by atoms with van der Waals surface area (Å²) >= 11 is 0. The fourth-order valence-corrected chi connectivity index (χ4v) is 1.70. The Morgan fingerprint density at radius 2 is 1.95 bits per heavy atom. The van der Waals surface area contributed by atoms with Crippen LogP contribution in [0.15, 0.2) is 48.5 Å². The first kappa shape index (κ1) is 13.8. The van der Waals surface area contributed by atoms with Crippen molar-refractivity contribution in [3.8, 4) is 11.5 Å². The van der Waals surface area contributed by atoms with E-state index in [0.717, 1.165) is 6.29 Å². The van der Waals surface area contributed by atoms with Crippen LogP contribution in [0.4, 0.5) is 0 Å². The number of benzene rings is 2. The molecule has 0 aliphatic carbocycles. The second kappa shape index (κ2) is 6.52. The molecular formula is C16H14O4. The SMILES string of the molecule is CCOC(=O)c1cccc(Oc2ccccc2C=O)c1. The average Bonchev–Trinajstić information content (AvgIpc) is 2.48. The Hall–Kier alpha value is -2.62. The minimum absolute atomic E-state index is 0.317. The molecule has 0 radical (unpaired) electrons. The fourth-order valence-electron chi connectivity index (χ4n) is 1.70. The third-order valence-electron chi connectivity index (χ3n) is 2.62. The van der Waals surface area contributed by atoms with E-state index in [1.165, 1.54) is 0 Å². The Morgan fingerprint density at radius 3 is 2.70 bits per heavy atom. The van der Waals surface area contributed by atoms with Crippen LogP contribution >= 0.6 is 0 Å². The van der Waals surface area contributed by atoms with Crippen LogP contribution in [0.3, 0.4) is 0 Å². The van der Waals surface area contributed by atoms with Crippen molar-refractivity contribution in [2.45, 2.75) is 6.92 Å². The molecule has 2 aromatic carbocycles. The molecule has 4 heteroatoms. The maximum absolute atomic E-state index is 11.6. The van der Waals surface area contributed by atoms with E-state index in [2.05, 4.69) is 0 Å². The minimum atomic E-state index is -0.401. The molecule has 102 valence electrons. The van der Waals surface area contributed by atoms with Gasteiger partial charge in [0.25, 0.3) is 0 Å². The van der Waals surface area contributed by atoms with E-state index in [1.807, 2.05) is 0 Å². The molecule has 0 aliphatic rings. The van der Waals surface area contributed by atoms with Gasteiger partial charge in [0.2, 0.25) is 0 Å². The molecule has 0 bridgehead atoms. The van der Waals surface area contributed by atoms with Gasteiger partial charge in [-0.2, -0.15) is 0 Å². The Bertz CT molecular complexity index is 619. The van der Waals surface area contributed by atoms with Gasteiger partial charge in [0.15, 0.2) is 6.29 Å². The molecule has 0 aromatic heterocycles. The molecule has 20 heavy (non-hydrogen) atoms. The zero-order valence-corrected chi connectivity index (χ0v) is 11.0. The second-order valence-electron chi connectivity index (χ2n) is 4.01. The largest absolute Gasteiger partial charge is 0.462 e. The maximum Gasteiger partial charge on any atom is 0.338 e. The number of hydrogen-bond acceptors (Lipinski definition) is 4. The first-order chi connectivity index (χ1) is 9.74. The summed E-state index contributed by atoms with van der Waals surface area (Å²) in [4.78, 5) is 22.6. The van der Waals surface area contributed by atoms with Crippen LogP contribution in [0.2, 0.25) is 0 Å². The van der Waals surface area contributed by atoms with Gasteiger partial charge in [0, 0.05) is 0 Å². The molecule has 0 amide bonds. The molecule has 4 nitrogen and oxygen atoms in total. The summed E-state index contributed by atoms with van der Waals surface area (Å²) in [5.41, 5.74) is 0.863. The van der Waals surface area contributed by atoms with Crippen LogP contribution < -0.4 is 4.74 Å². The van der Waals surface area contributed by atoms with Gasteiger partial charge in [-0.25, -0.2) is 4.79 Å². The molecule has 0 aliphatic heterocycles. The number of carbonyl (C=O) groups is 2. The monoisotopic (exact) mass is 270 g/mol. The quantitative estimate of drug-likeness (QED) is 0.616. The number of esters is 1. The molecule has 2 aromatic rings. The molecule has 0 fully saturated rings. The molecule has 0 saturated heterocycles. The summed E-state index contributed by atoms with van der Waals surface area (Å²) in [6.45, 7) is 2.07. The predicted molar refractivity (Wildman–Crippen MR) is 74.3 cm³/mol. The number of ether oxygens (including phenoxy) is 2. The van der Waals surface area contributed by atoms with E-state index in [9.17, 15) is 9.59 Å². The highest BCUT2D eigenvalue weighted by Gasteiger charge is 2.09. The first-order valence-corrected chi connectivity index (χ1v) is 6.24. The summed E-state index contributed by atoms with van der Waals surface area (Å²) in [5, 5.41) is 0. The van der Waals surface area contributed by atoms with Gasteiger partial charge < -0.3 is 9.47 Å². The van der Waals surface area contributed by atoms with Crippen molar-refractivity contribution in [1.29, 1.82) is 0 Å². The van der Waals surface area contributed by atoms with Crippen molar-refractivity contribution in [1.82, 2.24) is 0 Å². The topological polar surface area (TPSA) is 52.6 Å². The number of para-hydroxylation sites is 1. The van der Waals surface area contributed by atoms with E-state index in [1.54, 1.807) is 55.5 Å². The maximum atomic E-state index is 11.6. The lowest BCUT2D eigenvalue weighted by molar-refractivity contribution is 0.0526. The summed E-state index contributed by atoms with van der Waals surface area (Å²) < 4.78 is 10.6. The van der Waals surface area contributed by atoms with Gasteiger partial charge in [-0.3, -0.25) is 4.79 Å². The molecule has 0 unspecified atom stereocenters. The van der Waals surface area contributed by atoms with Crippen LogP contribution in [0.5, 0.6) is 11.5 Å². The molecule has 0 saturated carbocycles. The first-order valence-electron chi connectivity index (χ1n) is 6.24. The van der Waals surface area contributed by atoms with E-state index in [0.29, 0.717) is 29.2 Å². The van der Waals surface area contributed by atoms with Crippen molar-refractivity contribution in [2.24, 2.45) is 0 Å². The lowest BCUT2D eigenvalue weighted by Crippen LogP contribution is -2.04. The molecule has 0 atom stereocenters. The third kappa shape index (κ3) is 3.23. The minimum Gasteiger partial charge on any atom is -0.462 e.